The molecule has 0 bridgehead atoms. The molecule has 2 aliphatic rings. The number of anilines is 1. The summed E-state index contributed by atoms with van der Waals surface area (Å²) in [4.78, 5) is 28.8. The molecule has 1 aromatic carbocycles. The molecule has 9 heteroatoms. The van der Waals surface area contributed by atoms with E-state index in [1.807, 2.05) is 29.2 Å². The number of hydrogen-bond donors (Lipinski definition) is 3. The van der Waals surface area contributed by atoms with Gasteiger partial charge in [0, 0.05) is 38.4 Å². The van der Waals surface area contributed by atoms with Crippen molar-refractivity contribution in [3.05, 3.63) is 29.8 Å². The maximum atomic E-state index is 12.4. The number of piperazine rings is 1. The summed E-state index contributed by atoms with van der Waals surface area (Å²) in [6, 6.07) is 7.04. The topological polar surface area (TPSA) is 84.9 Å². The molecule has 152 valence electrons. The Morgan fingerprint density at radius 2 is 1.93 bits per heavy atom. The molecule has 1 aromatic rings. The van der Waals surface area contributed by atoms with Crippen molar-refractivity contribution >= 4 is 42.3 Å². The summed E-state index contributed by atoms with van der Waals surface area (Å²) in [6.45, 7) is 3.78. The second-order valence-corrected chi connectivity index (χ2v) is 6.90. The standard InChI is InChI=1S/C18H26N4O3.2ClH/c1-21-5-7-22(8-6-21)17(24)10-13-3-2-4-14(9-13)20-18(25)16-11-15(23)12-19-16;;/h2-4,9,15-16,19,23H,5-8,10-12H2,1H3,(H,20,25);2*1H. The number of aliphatic hydroxyl groups excluding tert-OH is 1. The van der Waals surface area contributed by atoms with Crippen LogP contribution in [0, 0.1) is 0 Å². The van der Waals surface area contributed by atoms with Crippen LogP contribution in [-0.2, 0) is 16.0 Å². The van der Waals surface area contributed by atoms with Crippen LogP contribution in [0.3, 0.4) is 0 Å². The Morgan fingerprint density at radius 3 is 2.56 bits per heavy atom. The number of aliphatic hydroxyl groups is 1. The van der Waals surface area contributed by atoms with E-state index in [4.69, 9.17) is 0 Å². The number of carbonyl (C=O) groups is 2. The fraction of sp³-hybridized carbons (Fsp3) is 0.556. The molecule has 3 rings (SSSR count). The van der Waals surface area contributed by atoms with Crippen molar-refractivity contribution < 1.29 is 14.7 Å². The van der Waals surface area contributed by atoms with Crippen LogP contribution in [0.1, 0.15) is 12.0 Å². The Kier molecular flexibility index (Phi) is 9.49. The summed E-state index contributed by atoms with van der Waals surface area (Å²) < 4.78 is 0. The molecule has 3 N–H and O–H groups in total. The highest BCUT2D eigenvalue weighted by molar-refractivity contribution is 5.95. The molecule has 2 amide bonds. The predicted molar refractivity (Wildman–Crippen MR) is 110 cm³/mol. The Labute approximate surface area is 172 Å². The number of nitrogens with one attached hydrogen (secondary N) is 2. The second kappa shape index (κ2) is 10.8. The van der Waals surface area contributed by atoms with Crippen LogP contribution in [0.5, 0.6) is 0 Å². The molecule has 2 saturated heterocycles. The van der Waals surface area contributed by atoms with Gasteiger partial charge in [0.15, 0.2) is 0 Å². The third kappa shape index (κ3) is 6.62. The zero-order valence-electron chi connectivity index (χ0n) is 15.4. The molecular formula is C18H28Cl2N4O3. The largest absolute Gasteiger partial charge is 0.392 e. The number of β-amino-alcohol motifs (C(OH)–C–C–N with tert-alkyl or cyclic N) is 1. The Hall–Kier alpha value is -1.38. The zero-order chi connectivity index (χ0) is 17.8. The van der Waals surface area contributed by atoms with E-state index < -0.39 is 6.10 Å². The number of carbonyl (C=O) groups excluding carboxylic acids is 2. The molecule has 0 aliphatic carbocycles. The van der Waals surface area contributed by atoms with Gasteiger partial charge >= 0.3 is 0 Å². The monoisotopic (exact) mass is 418 g/mol. The van der Waals surface area contributed by atoms with E-state index in [-0.39, 0.29) is 42.7 Å². The normalized spacial score (nSPS) is 22.5. The van der Waals surface area contributed by atoms with Crippen LogP contribution >= 0.6 is 24.8 Å². The molecule has 7 nitrogen and oxygen atoms in total. The average Bonchev–Trinajstić information content (AvgIpc) is 3.02. The molecule has 0 radical (unpaired) electrons. The van der Waals surface area contributed by atoms with Gasteiger partial charge in [0.25, 0.3) is 0 Å². The molecule has 2 aliphatic heterocycles. The van der Waals surface area contributed by atoms with Crippen molar-refractivity contribution in [2.45, 2.75) is 25.0 Å². The Bertz CT molecular complexity index is 639. The van der Waals surface area contributed by atoms with E-state index in [1.54, 1.807) is 0 Å². The third-order valence-corrected chi connectivity index (χ3v) is 4.83. The first-order chi connectivity index (χ1) is 12.0. The van der Waals surface area contributed by atoms with Crippen molar-refractivity contribution in [2.75, 3.05) is 45.1 Å². The number of rotatable bonds is 4. The SMILES string of the molecule is CN1CCN(C(=O)Cc2cccc(NC(=O)C3CC(O)CN3)c2)CC1.Cl.Cl. The first-order valence-electron chi connectivity index (χ1n) is 8.79. The highest BCUT2D eigenvalue weighted by atomic mass is 35.5. The fourth-order valence-electron chi connectivity index (χ4n) is 3.25. The van der Waals surface area contributed by atoms with Gasteiger partial charge in [0.1, 0.15) is 0 Å². The lowest BCUT2D eigenvalue weighted by Gasteiger charge is -2.32. The van der Waals surface area contributed by atoms with Crippen molar-refractivity contribution in [2.24, 2.45) is 0 Å². The molecule has 0 aromatic heterocycles. The molecular weight excluding hydrogens is 391 g/mol. The van der Waals surface area contributed by atoms with E-state index in [9.17, 15) is 14.7 Å². The van der Waals surface area contributed by atoms with Crippen LogP contribution in [0.15, 0.2) is 24.3 Å². The smallest absolute Gasteiger partial charge is 0.241 e. The Morgan fingerprint density at radius 1 is 1.22 bits per heavy atom. The quantitative estimate of drug-likeness (QED) is 0.663. The molecule has 2 heterocycles. The molecule has 2 atom stereocenters. The minimum Gasteiger partial charge on any atom is -0.392 e. The number of amides is 2. The minimum absolute atomic E-state index is 0. The van der Waals surface area contributed by atoms with Gasteiger partial charge in [-0.1, -0.05) is 12.1 Å². The molecule has 2 fully saturated rings. The number of likely N-dealkylation sites (N-methyl/N-ethyl adjacent to an activating group) is 1. The average molecular weight is 419 g/mol. The van der Waals surface area contributed by atoms with Gasteiger partial charge in [-0.15, -0.1) is 24.8 Å². The van der Waals surface area contributed by atoms with Crippen molar-refractivity contribution in [1.29, 1.82) is 0 Å². The maximum Gasteiger partial charge on any atom is 0.241 e. The molecule has 0 spiro atoms. The highest BCUT2D eigenvalue weighted by Gasteiger charge is 2.28. The zero-order valence-corrected chi connectivity index (χ0v) is 17.0. The number of halogens is 2. The summed E-state index contributed by atoms with van der Waals surface area (Å²) in [5.41, 5.74) is 1.57. The number of benzene rings is 1. The number of nitrogens with zero attached hydrogens (tertiary/aromatic N) is 2. The molecule has 27 heavy (non-hydrogen) atoms. The highest BCUT2D eigenvalue weighted by Crippen LogP contribution is 2.15. The lowest BCUT2D eigenvalue weighted by Crippen LogP contribution is -2.47. The number of hydrogen-bond acceptors (Lipinski definition) is 5. The van der Waals surface area contributed by atoms with Crippen LogP contribution in [0.4, 0.5) is 5.69 Å². The molecule has 0 saturated carbocycles. The van der Waals surface area contributed by atoms with Gasteiger partial charge in [-0.2, -0.15) is 0 Å². The van der Waals surface area contributed by atoms with Crippen LogP contribution < -0.4 is 10.6 Å². The molecule has 2 unspecified atom stereocenters. The first kappa shape index (κ1) is 23.7. The maximum absolute atomic E-state index is 12.4. The van der Waals surface area contributed by atoms with Gasteiger partial charge in [0.2, 0.25) is 11.8 Å². The fourth-order valence-corrected chi connectivity index (χ4v) is 3.25. The van der Waals surface area contributed by atoms with E-state index in [2.05, 4.69) is 22.6 Å². The van der Waals surface area contributed by atoms with Crippen LogP contribution in [0.25, 0.3) is 0 Å². The predicted octanol–water partition coefficient (Wildman–Crippen LogP) is 0.508. The second-order valence-electron chi connectivity index (χ2n) is 6.90. The van der Waals surface area contributed by atoms with E-state index in [1.165, 1.54) is 0 Å². The van der Waals surface area contributed by atoms with Crippen LogP contribution in [0.2, 0.25) is 0 Å². The van der Waals surface area contributed by atoms with Gasteiger partial charge in [-0.25, -0.2) is 0 Å². The van der Waals surface area contributed by atoms with Gasteiger partial charge in [-0.05, 0) is 31.2 Å². The summed E-state index contributed by atoms with van der Waals surface area (Å²) in [5.74, 6) is -0.0312. The summed E-state index contributed by atoms with van der Waals surface area (Å²) >= 11 is 0. The van der Waals surface area contributed by atoms with E-state index >= 15 is 0 Å². The van der Waals surface area contributed by atoms with Crippen molar-refractivity contribution in [1.82, 2.24) is 15.1 Å². The van der Waals surface area contributed by atoms with Crippen molar-refractivity contribution in [3.63, 3.8) is 0 Å². The van der Waals surface area contributed by atoms with Gasteiger partial charge < -0.3 is 25.5 Å². The van der Waals surface area contributed by atoms with Gasteiger partial charge in [0.05, 0.1) is 18.6 Å². The van der Waals surface area contributed by atoms with Crippen LogP contribution in [-0.4, -0.2) is 78.6 Å². The first-order valence-corrected chi connectivity index (χ1v) is 8.79. The van der Waals surface area contributed by atoms with E-state index in [0.29, 0.717) is 25.1 Å². The summed E-state index contributed by atoms with van der Waals surface area (Å²) in [6.07, 6.45) is 0.296. The summed E-state index contributed by atoms with van der Waals surface area (Å²) in [7, 11) is 2.06. The van der Waals surface area contributed by atoms with Crippen molar-refractivity contribution in [3.8, 4) is 0 Å². The summed E-state index contributed by atoms with van der Waals surface area (Å²) in [5, 5.41) is 15.4. The van der Waals surface area contributed by atoms with E-state index in [0.717, 1.165) is 31.7 Å². The lowest BCUT2D eigenvalue weighted by molar-refractivity contribution is -0.132. The van der Waals surface area contributed by atoms with Gasteiger partial charge in [-0.3, -0.25) is 9.59 Å². The Balaban J connectivity index is 0.00000182. The lowest BCUT2D eigenvalue weighted by atomic mass is 10.1. The third-order valence-electron chi connectivity index (χ3n) is 4.83. The minimum atomic E-state index is -0.469.